The summed E-state index contributed by atoms with van der Waals surface area (Å²) in [6, 6.07) is 4.24. The molecule has 58 valence electrons. The summed E-state index contributed by atoms with van der Waals surface area (Å²) in [7, 11) is 2.06. The van der Waals surface area contributed by atoms with Crippen LogP contribution in [0.4, 0.5) is 0 Å². The van der Waals surface area contributed by atoms with Gasteiger partial charge in [0.05, 0.1) is 0 Å². The highest BCUT2D eigenvalue weighted by Gasteiger charge is 1.98. The van der Waals surface area contributed by atoms with E-state index in [1.165, 1.54) is 11.3 Å². The first kappa shape index (κ1) is 7.99. The van der Waals surface area contributed by atoms with Crippen molar-refractivity contribution in [3.8, 4) is 0 Å². The first-order valence-electron chi connectivity index (χ1n) is 3.83. The maximum absolute atomic E-state index is 2.12. The Labute approximate surface area is 68.0 Å². The topological polar surface area (TPSA) is 3.88 Å². The van der Waals surface area contributed by atoms with Crippen molar-refractivity contribution in [3.05, 3.63) is 35.7 Å². The van der Waals surface area contributed by atoms with Gasteiger partial charge in [-0.25, -0.2) is 4.57 Å². The predicted molar refractivity (Wildman–Crippen MR) is 47.1 cm³/mol. The molecule has 0 N–H and O–H groups in total. The summed E-state index contributed by atoms with van der Waals surface area (Å²) in [4.78, 5) is 0. The van der Waals surface area contributed by atoms with Crippen molar-refractivity contribution in [1.82, 2.24) is 0 Å². The number of aromatic nitrogens is 1. The van der Waals surface area contributed by atoms with Gasteiger partial charge < -0.3 is 0 Å². The molecule has 0 amide bonds. The molecule has 1 aromatic rings. The summed E-state index contributed by atoms with van der Waals surface area (Å²) in [6.45, 7) is 4.12. The molecule has 1 rings (SSSR count). The van der Waals surface area contributed by atoms with E-state index >= 15 is 0 Å². The van der Waals surface area contributed by atoms with Crippen LogP contribution in [-0.4, -0.2) is 0 Å². The summed E-state index contributed by atoms with van der Waals surface area (Å²) in [6.07, 6.45) is 6.26. The van der Waals surface area contributed by atoms with Crippen LogP contribution in [0.1, 0.15) is 18.2 Å². The van der Waals surface area contributed by atoms with E-state index in [0.717, 1.165) is 0 Å². The summed E-state index contributed by atoms with van der Waals surface area (Å²) in [5.74, 6) is 0. The number of rotatable bonds is 1. The van der Waals surface area contributed by atoms with E-state index in [0.29, 0.717) is 0 Å². The number of hydrogen-bond donors (Lipinski definition) is 0. The summed E-state index contributed by atoms with van der Waals surface area (Å²) in [5, 5.41) is 0. The van der Waals surface area contributed by atoms with Gasteiger partial charge >= 0.3 is 0 Å². The molecule has 0 spiro atoms. The Balaban J connectivity index is 3.05. The molecule has 0 aliphatic carbocycles. The zero-order chi connectivity index (χ0) is 8.27. The van der Waals surface area contributed by atoms with Crippen molar-refractivity contribution in [3.63, 3.8) is 0 Å². The molecule has 1 heteroatoms. The highest BCUT2D eigenvalue weighted by Crippen LogP contribution is 1.98. The Hall–Kier alpha value is -1.11. The van der Waals surface area contributed by atoms with Crippen LogP contribution in [0.2, 0.25) is 0 Å². The van der Waals surface area contributed by atoms with Gasteiger partial charge in [0.2, 0.25) is 0 Å². The zero-order valence-electron chi connectivity index (χ0n) is 7.33. The van der Waals surface area contributed by atoms with E-state index < -0.39 is 0 Å². The molecule has 0 aliphatic rings. The maximum atomic E-state index is 2.12. The Bertz CT molecular complexity index is 274. The Morgan fingerprint density at radius 3 is 2.64 bits per heavy atom. The van der Waals surface area contributed by atoms with Gasteiger partial charge in [0.1, 0.15) is 7.05 Å². The second kappa shape index (κ2) is 3.33. The number of pyridine rings is 1. The van der Waals surface area contributed by atoms with Gasteiger partial charge in [-0.3, -0.25) is 0 Å². The normalized spacial score (nSPS) is 10.8. The van der Waals surface area contributed by atoms with Crippen LogP contribution in [0.3, 0.4) is 0 Å². The average Bonchev–Trinajstić information content (AvgIpc) is 1.98. The number of hydrogen-bond acceptors (Lipinski definition) is 0. The molecule has 11 heavy (non-hydrogen) atoms. The average molecular weight is 148 g/mol. The third kappa shape index (κ3) is 1.90. The molecule has 0 saturated heterocycles. The van der Waals surface area contributed by atoms with Gasteiger partial charge in [-0.2, -0.15) is 0 Å². The van der Waals surface area contributed by atoms with E-state index in [-0.39, 0.29) is 0 Å². The molecule has 0 aromatic carbocycles. The summed E-state index contributed by atoms with van der Waals surface area (Å²) < 4.78 is 2.12. The second-order valence-electron chi connectivity index (χ2n) is 2.71. The molecule has 0 bridgehead atoms. The van der Waals surface area contributed by atoms with E-state index in [9.17, 15) is 0 Å². The fraction of sp³-hybridized carbons (Fsp3) is 0.300. The van der Waals surface area contributed by atoms with Gasteiger partial charge in [0, 0.05) is 18.6 Å². The summed E-state index contributed by atoms with van der Waals surface area (Å²) in [5.41, 5.74) is 2.53. The Kier molecular flexibility index (Phi) is 2.42. The highest BCUT2D eigenvalue weighted by atomic mass is 14.9. The summed E-state index contributed by atoms with van der Waals surface area (Å²) >= 11 is 0. The SMILES string of the molecule is CC=Cc1ccc(C)[n+](C)c1. The molecule has 0 aliphatic heterocycles. The molecule has 0 fully saturated rings. The van der Waals surface area contributed by atoms with Gasteiger partial charge in [-0.05, 0) is 13.0 Å². The van der Waals surface area contributed by atoms with Crippen LogP contribution in [-0.2, 0) is 7.05 Å². The Morgan fingerprint density at radius 2 is 2.09 bits per heavy atom. The monoisotopic (exact) mass is 148 g/mol. The van der Waals surface area contributed by atoms with E-state index in [1.807, 2.05) is 13.0 Å². The zero-order valence-corrected chi connectivity index (χ0v) is 7.33. The lowest BCUT2D eigenvalue weighted by Crippen LogP contribution is -2.31. The molecular formula is C10H14N+. The molecular weight excluding hydrogens is 134 g/mol. The maximum Gasteiger partial charge on any atom is 0.177 e. The van der Waals surface area contributed by atoms with Crippen molar-refractivity contribution < 1.29 is 4.57 Å². The van der Waals surface area contributed by atoms with Crippen LogP contribution < -0.4 is 4.57 Å². The van der Waals surface area contributed by atoms with Crippen molar-refractivity contribution in [1.29, 1.82) is 0 Å². The van der Waals surface area contributed by atoms with Gasteiger partial charge in [-0.1, -0.05) is 12.2 Å². The quantitative estimate of drug-likeness (QED) is 0.535. The van der Waals surface area contributed by atoms with Crippen LogP contribution >= 0.6 is 0 Å². The van der Waals surface area contributed by atoms with Crippen molar-refractivity contribution >= 4 is 6.08 Å². The van der Waals surface area contributed by atoms with Gasteiger partial charge in [-0.15, -0.1) is 0 Å². The Morgan fingerprint density at radius 1 is 1.36 bits per heavy atom. The molecule has 1 heterocycles. The highest BCUT2D eigenvalue weighted by molar-refractivity contribution is 5.46. The standard InChI is InChI=1S/C10H14N/c1-4-5-10-7-6-9(2)11(3)8-10/h4-8H,1-3H3/q+1. The first-order valence-corrected chi connectivity index (χ1v) is 3.83. The van der Waals surface area contributed by atoms with Crippen molar-refractivity contribution in [2.45, 2.75) is 13.8 Å². The lowest BCUT2D eigenvalue weighted by Gasteiger charge is -1.93. The van der Waals surface area contributed by atoms with E-state index in [1.54, 1.807) is 0 Å². The third-order valence-corrected chi connectivity index (χ3v) is 1.78. The van der Waals surface area contributed by atoms with Gasteiger partial charge in [0.15, 0.2) is 11.9 Å². The lowest BCUT2D eigenvalue weighted by atomic mass is 10.2. The van der Waals surface area contributed by atoms with Gasteiger partial charge in [0.25, 0.3) is 0 Å². The van der Waals surface area contributed by atoms with E-state index in [2.05, 4.69) is 42.9 Å². The second-order valence-corrected chi connectivity index (χ2v) is 2.71. The largest absolute Gasteiger partial charge is 0.205 e. The number of allylic oxidation sites excluding steroid dienone is 1. The smallest absolute Gasteiger partial charge is 0.177 e. The molecule has 0 radical (unpaired) electrons. The molecule has 0 atom stereocenters. The van der Waals surface area contributed by atoms with Crippen LogP contribution in [0.15, 0.2) is 24.4 Å². The number of aryl methyl sites for hydroxylation is 2. The van der Waals surface area contributed by atoms with Crippen molar-refractivity contribution in [2.24, 2.45) is 7.05 Å². The number of nitrogens with zero attached hydrogens (tertiary/aromatic N) is 1. The lowest BCUT2D eigenvalue weighted by molar-refractivity contribution is -0.677. The first-order chi connectivity index (χ1) is 5.24. The molecule has 0 unspecified atom stereocenters. The van der Waals surface area contributed by atoms with Crippen molar-refractivity contribution in [2.75, 3.05) is 0 Å². The molecule has 0 saturated carbocycles. The van der Waals surface area contributed by atoms with E-state index in [4.69, 9.17) is 0 Å². The fourth-order valence-electron chi connectivity index (χ4n) is 0.994. The molecule has 1 nitrogen and oxygen atoms in total. The minimum absolute atomic E-state index is 1.25. The van der Waals surface area contributed by atoms with Crippen LogP contribution in [0, 0.1) is 6.92 Å². The third-order valence-electron chi connectivity index (χ3n) is 1.78. The minimum atomic E-state index is 1.25. The van der Waals surface area contributed by atoms with Crippen LogP contribution in [0.5, 0.6) is 0 Å². The molecule has 1 aromatic heterocycles. The minimum Gasteiger partial charge on any atom is -0.205 e. The fourth-order valence-corrected chi connectivity index (χ4v) is 0.994. The predicted octanol–water partition coefficient (Wildman–Crippen LogP) is 1.85. The van der Waals surface area contributed by atoms with Crippen LogP contribution in [0.25, 0.3) is 6.08 Å².